The molecule has 1 aliphatic heterocycles. The number of terminal acetylenes is 1. The molecule has 1 aliphatic rings. The average Bonchev–Trinajstić information content (AvgIpc) is 2.97. The van der Waals surface area contributed by atoms with Crippen molar-refractivity contribution in [3.8, 4) is 12.3 Å². The van der Waals surface area contributed by atoms with Crippen molar-refractivity contribution >= 4 is 10.9 Å². The van der Waals surface area contributed by atoms with Crippen LogP contribution in [0.15, 0.2) is 54.7 Å². The monoisotopic (exact) mass is 339 g/mol. The van der Waals surface area contributed by atoms with E-state index in [4.69, 9.17) is 6.42 Å². The molecule has 0 saturated heterocycles. The Balaban J connectivity index is 2.11. The smallest absolute Gasteiger partial charge is 0.347 e. The Hall–Kier alpha value is -2.67. The summed E-state index contributed by atoms with van der Waals surface area (Å²) in [6, 6.07) is 13.3. The van der Waals surface area contributed by atoms with Gasteiger partial charge in [-0.2, -0.15) is 13.2 Å². The summed E-state index contributed by atoms with van der Waals surface area (Å²) in [7, 11) is 0. The summed E-state index contributed by atoms with van der Waals surface area (Å²) in [5, 5.41) is 0.594. The third-order valence-electron chi connectivity index (χ3n) is 5.08. The SMILES string of the molecule is C#C[C@](c1ccccc1)(c1cn2c3c(cccc13)CCC2)C(F)(F)F. The van der Waals surface area contributed by atoms with Crippen LogP contribution >= 0.6 is 0 Å². The molecule has 0 bridgehead atoms. The lowest BCUT2D eigenvalue weighted by Crippen LogP contribution is -2.42. The van der Waals surface area contributed by atoms with Gasteiger partial charge in [0.25, 0.3) is 0 Å². The first-order valence-electron chi connectivity index (χ1n) is 8.20. The van der Waals surface area contributed by atoms with Crippen molar-refractivity contribution in [1.29, 1.82) is 0 Å². The summed E-state index contributed by atoms with van der Waals surface area (Å²) in [5.74, 6) is 2.12. The summed E-state index contributed by atoms with van der Waals surface area (Å²) in [5.41, 5.74) is -0.276. The molecule has 0 aliphatic carbocycles. The van der Waals surface area contributed by atoms with Crippen LogP contribution in [0.3, 0.4) is 0 Å². The van der Waals surface area contributed by atoms with Gasteiger partial charge in [-0.05, 0) is 24.0 Å². The van der Waals surface area contributed by atoms with Crippen LogP contribution < -0.4 is 0 Å². The fraction of sp³-hybridized carbons (Fsp3) is 0.238. The molecule has 1 nitrogen and oxygen atoms in total. The van der Waals surface area contributed by atoms with E-state index in [1.54, 1.807) is 30.5 Å². The van der Waals surface area contributed by atoms with Gasteiger partial charge in [0.05, 0.1) is 5.52 Å². The summed E-state index contributed by atoms with van der Waals surface area (Å²) in [6.45, 7) is 0.709. The molecule has 1 aromatic heterocycles. The first-order chi connectivity index (χ1) is 12.0. The molecule has 4 heteroatoms. The highest BCUT2D eigenvalue weighted by Crippen LogP contribution is 2.49. The number of nitrogens with zero attached hydrogens (tertiary/aromatic N) is 1. The fourth-order valence-corrected chi connectivity index (χ4v) is 3.96. The van der Waals surface area contributed by atoms with E-state index in [0.717, 1.165) is 23.9 Å². The normalized spacial score (nSPS) is 16.4. The Morgan fingerprint density at radius 1 is 1.00 bits per heavy atom. The summed E-state index contributed by atoms with van der Waals surface area (Å²) < 4.78 is 45.0. The molecule has 4 rings (SSSR count). The number of para-hydroxylation sites is 1. The first-order valence-corrected chi connectivity index (χ1v) is 8.20. The number of alkyl halides is 3. The lowest BCUT2D eigenvalue weighted by molar-refractivity contribution is -0.161. The highest BCUT2D eigenvalue weighted by molar-refractivity contribution is 5.89. The highest BCUT2D eigenvalue weighted by atomic mass is 19.4. The van der Waals surface area contributed by atoms with Crippen LogP contribution in [-0.2, 0) is 18.4 Å². The van der Waals surface area contributed by atoms with Crippen molar-refractivity contribution in [2.45, 2.75) is 31.0 Å². The van der Waals surface area contributed by atoms with Crippen LogP contribution in [-0.4, -0.2) is 10.7 Å². The molecule has 3 aromatic rings. The minimum atomic E-state index is -4.60. The van der Waals surface area contributed by atoms with Crippen LogP contribution in [0.25, 0.3) is 10.9 Å². The van der Waals surface area contributed by atoms with Crippen molar-refractivity contribution < 1.29 is 13.2 Å². The van der Waals surface area contributed by atoms with E-state index in [-0.39, 0.29) is 11.1 Å². The summed E-state index contributed by atoms with van der Waals surface area (Å²) in [4.78, 5) is 0. The van der Waals surface area contributed by atoms with Gasteiger partial charge in [0.15, 0.2) is 5.41 Å². The average molecular weight is 339 g/mol. The molecular formula is C21H16F3N. The van der Waals surface area contributed by atoms with E-state index >= 15 is 0 Å². The minimum Gasteiger partial charge on any atom is -0.347 e. The second-order valence-electron chi connectivity index (χ2n) is 6.41. The minimum absolute atomic E-state index is 0.0775. The second-order valence-corrected chi connectivity index (χ2v) is 6.41. The van der Waals surface area contributed by atoms with Crippen molar-refractivity contribution in [3.05, 3.63) is 71.4 Å². The van der Waals surface area contributed by atoms with Gasteiger partial charge in [0, 0.05) is 23.7 Å². The number of aryl methyl sites for hydroxylation is 2. The van der Waals surface area contributed by atoms with Gasteiger partial charge in [-0.1, -0.05) is 54.5 Å². The van der Waals surface area contributed by atoms with Gasteiger partial charge in [-0.25, -0.2) is 0 Å². The largest absolute Gasteiger partial charge is 0.413 e. The molecule has 0 fully saturated rings. The predicted octanol–water partition coefficient (Wildman–Crippen LogP) is 5.07. The number of rotatable bonds is 2. The molecule has 25 heavy (non-hydrogen) atoms. The van der Waals surface area contributed by atoms with E-state index in [2.05, 4.69) is 5.92 Å². The number of aromatic nitrogens is 1. The van der Waals surface area contributed by atoms with Crippen molar-refractivity contribution in [2.75, 3.05) is 0 Å². The summed E-state index contributed by atoms with van der Waals surface area (Å²) in [6.07, 6.45) is 4.37. The predicted molar refractivity (Wildman–Crippen MR) is 92.4 cm³/mol. The van der Waals surface area contributed by atoms with Crippen LogP contribution in [0.4, 0.5) is 13.2 Å². The molecular weight excluding hydrogens is 323 g/mol. The third-order valence-corrected chi connectivity index (χ3v) is 5.08. The maximum atomic E-state index is 14.4. The van der Waals surface area contributed by atoms with Gasteiger partial charge in [0.2, 0.25) is 0 Å². The zero-order chi connectivity index (χ0) is 17.7. The molecule has 0 N–H and O–H groups in total. The van der Waals surface area contributed by atoms with E-state index in [1.165, 1.54) is 12.1 Å². The number of hydrogen-bond acceptors (Lipinski definition) is 0. The van der Waals surface area contributed by atoms with Crippen molar-refractivity contribution in [1.82, 2.24) is 4.57 Å². The topological polar surface area (TPSA) is 4.93 Å². The van der Waals surface area contributed by atoms with Gasteiger partial charge < -0.3 is 4.57 Å². The standard InChI is InChI=1S/C21H16F3N/c1-2-20(21(22,23)24,16-10-4-3-5-11-16)18-14-25-13-7-9-15-8-6-12-17(18)19(15)25/h1,3-6,8,10-12,14H,7,9,13H2/t20-/m0/s1. The molecule has 126 valence electrons. The Morgan fingerprint density at radius 3 is 2.44 bits per heavy atom. The van der Waals surface area contributed by atoms with Gasteiger partial charge in [-0.3, -0.25) is 0 Å². The first kappa shape index (κ1) is 15.8. The third kappa shape index (κ3) is 2.12. The van der Waals surface area contributed by atoms with E-state index < -0.39 is 11.6 Å². The van der Waals surface area contributed by atoms with Crippen LogP contribution in [0.1, 0.15) is 23.1 Å². The molecule has 0 radical (unpaired) electrons. The van der Waals surface area contributed by atoms with Gasteiger partial charge in [0.1, 0.15) is 0 Å². The van der Waals surface area contributed by atoms with Gasteiger partial charge in [-0.15, -0.1) is 6.42 Å². The van der Waals surface area contributed by atoms with Crippen molar-refractivity contribution in [2.24, 2.45) is 0 Å². The Morgan fingerprint density at radius 2 is 1.76 bits per heavy atom. The molecule has 2 aromatic carbocycles. The van der Waals surface area contributed by atoms with Crippen LogP contribution in [0.2, 0.25) is 0 Å². The van der Waals surface area contributed by atoms with Crippen molar-refractivity contribution in [3.63, 3.8) is 0 Å². The lowest BCUT2D eigenvalue weighted by Gasteiger charge is -2.31. The zero-order valence-electron chi connectivity index (χ0n) is 13.5. The summed E-state index contributed by atoms with van der Waals surface area (Å²) >= 11 is 0. The molecule has 0 spiro atoms. The maximum absolute atomic E-state index is 14.4. The maximum Gasteiger partial charge on any atom is 0.413 e. The second kappa shape index (κ2) is 5.42. The highest BCUT2D eigenvalue weighted by Gasteiger charge is 2.57. The molecule has 0 amide bonds. The molecule has 0 saturated carbocycles. The Kier molecular flexibility index (Phi) is 3.43. The lowest BCUT2D eigenvalue weighted by atomic mass is 9.74. The number of benzene rings is 2. The number of hydrogen-bond donors (Lipinski definition) is 0. The zero-order valence-corrected chi connectivity index (χ0v) is 13.5. The van der Waals surface area contributed by atoms with E-state index in [0.29, 0.717) is 11.9 Å². The molecule has 1 atom stereocenters. The fourth-order valence-electron chi connectivity index (χ4n) is 3.96. The Labute approximate surface area is 144 Å². The Bertz CT molecular complexity index is 976. The van der Waals surface area contributed by atoms with E-state index in [9.17, 15) is 13.2 Å². The number of halogens is 3. The molecule has 2 heterocycles. The van der Waals surface area contributed by atoms with E-state index in [1.807, 2.05) is 16.7 Å². The quantitative estimate of drug-likeness (QED) is 0.575. The van der Waals surface area contributed by atoms with Gasteiger partial charge >= 0.3 is 6.18 Å². The molecule has 0 unspecified atom stereocenters. The van der Waals surface area contributed by atoms with Crippen LogP contribution in [0.5, 0.6) is 0 Å². The van der Waals surface area contributed by atoms with Crippen LogP contribution in [0, 0.1) is 12.3 Å².